The molecule has 0 spiro atoms. The first-order valence-corrected chi connectivity index (χ1v) is 8.93. The van der Waals surface area contributed by atoms with Crippen molar-refractivity contribution in [2.45, 2.75) is 18.2 Å². The Kier molecular flexibility index (Phi) is 4.80. The third-order valence-corrected chi connectivity index (χ3v) is 4.98. The van der Waals surface area contributed by atoms with Gasteiger partial charge < -0.3 is 4.74 Å². The van der Waals surface area contributed by atoms with Crippen molar-refractivity contribution in [1.29, 1.82) is 0 Å². The number of ether oxygens (including phenoxy) is 1. The molecule has 0 fully saturated rings. The minimum Gasteiger partial charge on any atom is -0.489 e. The van der Waals surface area contributed by atoms with Crippen molar-refractivity contribution in [3.8, 4) is 5.75 Å². The number of rotatable bonds is 5. The molecule has 0 aliphatic heterocycles. The molecule has 1 aromatic carbocycles. The number of thiazole rings is 1. The predicted molar refractivity (Wildman–Crippen MR) is 75.4 cm³/mol. The van der Waals surface area contributed by atoms with Gasteiger partial charge in [-0.2, -0.15) is 0 Å². The van der Waals surface area contributed by atoms with E-state index in [0.717, 1.165) is 10.6 Å². The molecule has 2 aromatic rings. The quantitative estimate of drug-likeness (QED) is 0.774. The molecule has 114 valence electrons. The van der Waals surface area contributed by atoms with Gasteiger partial charge in [-0.3, -0.25) is 0 Å². The van der Waals surface area contributed by atoms with Crippen molar-refractivity contribution in [2.24, 2.45) is 0 Å². The van der Waals surface area contributed by atoms with E-state index >= 15 is 0 Å². The number of nitrogens with zero attached hydrogens (tertiary/aromatic N) is 1. The number of aromatic nitrogens is 1. The summed E-state index contributed by atoms with van der Waals surface area (Å²) in [4.78, 5) is 4.27. The normalized spacial score (nSPS) is 11.6. The monoisotopic (exact) mass is 353 g/mol. The fourth-order valence-corrected chi connectivity index (χ4v) is 3.41. The first-order chi connectivity index (χ1) is 9.79. The summed E-state index contributed by atoms with van der Waals surface area (Å²) >= 11 is 1.41. The number of hydrogen-bond donors (Lipinski definition) is 0. The fourth-order valence-electron chi connectivity index (χ4n) is 1.67. The Labute approximate surface area is 128 Å². The maximum Gasteiger partial charge on any atom is 0.265 e. The van der Waals surface area contributed by atoms with Crippen LogP contribution in [0, 0.1) is 18.6 Å². The lowest BCUT2D eigenvalue weighted by atomic mass is 10.3. The molecule has 0 atom stereocenters. The highest BCUT2D eigenvalue weighted by atomic mass is 35.7. The molecule has 0 unspecified atom stereocenters. The predicted octanol–water partition coefficient (Wildman–Crippen LogP) is 3.28. The van der Waals surface area contributed by atoms with Crippen molar-refractivity contribution in [1.82, 2.24) is 4.98 Å². The first kappa shape index (κ1) is 16.1. The van der Waals surface area contributed by atoms with Crippen LogP contribution < -0.4 is 4.74 Å². The highest BCUT2D eigenvalue weighted by Crippen LogP contribution is 2.31. The Bertz CT molecular complexity index is 762. The van der Waals surface area contributed by atoms with Crippen LogP contribution in [0.25, 0.3) is 0 Å². The van der Waals surface area contributed by atoms with Crippen LogP contribution in [0.15, 0.2) is 22.5 Å². The third-order valence-electron chi connectivity index (χ3n) is 2.66. The summed E-state index contributed by atoms with van der Waals surface area (Å²) in [5, 5.41) is 0. The number of aryl methyl sites for hydroxylation is 1. The molecule has 4 nitrogen and oxygen atoms in total. The highest BCUT2D eigenvalue weighted by molar-refractivity contribution is 8.13. The second-order valence-electron chi connectivity index (χ2n) is 4.11. The summed E-state index contributed by atoms with van der Waals surface area (Å²) in [5.41, 5.74) is 2.49. The molecule has 0 saturated carbocycles. The van der Waals surface area contributed by atoms with Crippen molar-refractivity contribution in [3.63, 3.8) is 0 Å². The second kappa shape index (κ2) is 6.25. The zero-order valence-corrected chi connectivity index (χ0v) is 13.2. The van der Waals surface area contributed by atoms with Crippen LogP contribution >= 0.6 is 22.0 Å². The van der Waals surface area contributed by atoms with E-state index < -0.39 is 31.3 Å². The molecule has 0 saturated heterocycles. The molecule has 0 amide bonds. The van der Waals surface area contributed by atoms with Gasteiger partial charge in [-0.1, -0.05) is 0 Å². The van der Waals surface area contributed by atoms with Gasteiger partial charge in [-0.25, -0.2) is 22.2 Å². The van der Waals surface area contributed by atoms with Crippen LogP contribution in [-0.4, -0.2) is 20.0 Å². The summed E-state index contributed by atoms with van der Waals surface area (Å²) in [7, 11) is 0.849. The Hall–Kier alpha value is -1.25. The topological polar surface area (TPSA) is 56.3 Å². The molecule has 9 heteroatoms. The van der Waals surface area contributed by atoms with Crippen molar-refractivity contribution < 1.29 is 21.9 Å². The van der Waals surface area contributed by atoms with Gasteiger partial charge >= 0.3 is 0 Å². The smallest absolute Gasteiger partial charge is 0.265 e. The van der Waals surface area contributed by atoms with Crippen molar-refractivity contribution >= 4 is 31.1 Å². The van der Waals surface area contributed by atoms with Crippen LogP contribution in [0.1, 0.15) is 10.6 Å². The van der Waals surface area contributed by atoms with Gasteiger partial charge in [0.25, 0.3) is 9.05 Å². The number of benzene rings is 1. The lowest BCUT2D eigenvalue weighted by molar-refractivity contribution is 0.296. The SMILES string of the molecule is Cc1ncsc1CCOc1c(F)cc(F)cc1S(=O)(=O)Cl. The van der Waals surface area contributed by atoms with E-state index in [0.29, 0.717) is 18.6 Å². The second-order valence-corrected chi connectivity index (χ2v) is 7.59. The molecule has 1 heterocycles. The Morgan fingerprint density at radius 3 is 2.67 bits per heavy atom. The van der Waals surface area contributed by atoms with E-state index in [-0.39, 0.29) is 6.61 Å². The van der Waals surface area contributed by atoms with Gasteiger partial charge in [0.2, 0.25) is 0 Å². The Morgan fingerprint density at radius 1 is 1.38 bits per heavy atom. The summed E-state index contributed by atoms with van der Waals surface area (Å²) in [6.07, 6.45) is 0.426. The maximum atomic E-state index is 13.7. The summed E-state index contributed by atoms with van der Waals surface area (Å²) < 4.78 is 54.6. The van der Waals surface area contributed by atoms with Gasteiger partial charge in [0.1, 0.15) is 10.7 Å². The van der Waals surface area contributed by atoms with Gasteiger partial charge in [-0.05, 0) is 13.0 Å². The molecule has 0 N–H and O–H groups in total. The van der Waals surface area contributed by atoms with Crippen LogP contribution in [0.2, 0.25) is 0 Å². The van der Waals surface area contributed by atoms with E-state index in [4.69, 9.17) is 15.4 Å². The van der Waals surface area contributed by atoms with E-state index in [9.17, 15) is 17.2 Å². The van der Waals surface area contributed by atoms with E-state index in [1.807, 2.05) is 6.92 Å². The molecule has 21 heavy (non-hydrogen) atoms. The highest BCUT2D eigenvalue weighted by Gasteiger charge is 2.22. The molecule has 0 aliphatic carbocycles. The largest absolute Gasteiger partial charge is 0.489 e. The number of halogens is 3. The summed E-state index contributed by atoms with van der Waals surface area (Å²) in [5.74, 6) is -2.74. The average Bonchev–Trinajstić information content (AvgIpc) is 2.76. The van der Waals surface area contributed by atoms with Gasteiger partial charge in [0, 0.05) is 28.0 Å². The summed E-state index contributed by atoms with van der Waals surface area (Å²) in [6, 6.07) is 1.16. The zero-order chi connectivity index (χ0) is 15.6. The Morgan fingerprint density at radius 2 is 2.10 bits per heavy atom. The van der Waals surface area contributed by atoms with E-state index in [2.05, 4.69) is 4.98 Å². The maximum absolute atomic E-state index is 13.7. The first-order valence-electron chi connectivity index (χ1n) is 5.74. The van der Waals surface area contributed by atoms with E-state index in [1.54, 1.807) is 5.51 Å². The standard InChI is InChI=1S/C12H10ClF2NO3S2/c1-7-10(20-6-16-7)2-3-19-12-9(15)4-8(14)5-11(12)21(13,17)18/h4-6H,2-3H2,1H3. The van der Waals surface area contributed by atoms with Crippen molar-refractivity contribution in [3.05, 3.63) is 39.8 Å². The Balaban J connectivity index is 2.22. The van der Waals surface area contributed by atoms with Gasteiger partial charge in [0.15, 0.2) is 11.6 Å². The minimum atomic E-state index is -4.31. The lowest BCUT2D eigenvalue weighted by Gasteiger charge is -2.10. The molecular weight excluding hydrogens is 344 g/mol. The van der Waals surface area contributed by atoms with Crippen LogP contribution in [0.4, 0.5) is 8.78 Å². The van der Waals surface area contributed by atoms with Crippen LogP contribution in [-0.2, 0) is 15.5 Å². The fraction of sp³-hybridized carbons (Fsp3) is 0.250. The van der Waals surface area contributed by atoms with Gasteiger partial charge in [0.05, 0.1) is 17.8 Å². The third kappa shape index (κ3) is 3.90. The van der Waals surface area contributed by atoms with Crippen LogP contribution in [0.3, 0.4) is 0 Å². The molecule has 2 rings (SSSR count). The number of hydrogen-bond acceptors (Lipinski definition) is 5. The molecule has 0 aliphatic rings. The molecular formula is C12H10ClF2NO3S2. The van der Waals surface area contributed by atoms with E-state index in [1.165, 1.54) is 11.3 Å². The summed E-state index contributed by atoms with van der Waals surface area (Å²) in [6.45, 7) is 1.84. The van der Waals surface area contributed by atoms with Gasteiger partial charge in [-0.15, -0.1) is 11.3 Å². The molecule has 0 radical (unpaired) electrons. The lowest BCUT2D eigenvalue weighted by Crippen LogP contribution is -2.07. The van der Waals surface area contributed by atoms with Crippen molar-refractivity contribution in [2.75, 3.05) is 6.61 Å². The zero-order valence-electron chi connectivity index (χ0n) is 10.8. The average molecular weight is 354 g/mol. The minimum absolute atomic E-state index is 0.0188. The molecule has 1 aromatic heterocycles. The molecule has 0 bridgehead atoms. The van der Waals surface area contributed by atoms with Crippen LogP contribution in [0.5, 0.6) is 5.75 Å².